The lowest BCUT2D eigenvalue weighted by atomic mass is 9.96. The second kappa shape index (κ2) is 10.7. The molecule has 0 saturated carbocycles. The van der Waals surface area contributed by atoms with Crippen molar-refractivity contribution >= 4 is 15.9 Å². The second-order valence-corrected chi connectivity index (χ2v) is 11.4. The van der Waals surface area contributed by atoms with Crippen LogP contribution in [-0.4, -0.2) is 60.4 Å². The van der Waals surface area contributed by atoms with Crippen molar-refractivity contribution in [2.75, 3.05) is 26.7 Å². The first-order valence-electron chi connectivity index (χ1n) is 12.2. The molecule has 1 amide bonds. The number of amides is 1. The molecule has 0 atom stereocenters. The van der Waals surface area contributed by atoms with Crippen LogP contribution >= 0.6 is 0 Å². The number of nitrogens with one attached hydrogen (secondary N) is 1. The molecule has 1 aliphatic rings. The molecular weight excluding hydrogens is 460 g/mol. The topological polar surface area (TPSA) is 86.4 Å². The highest BCUT2D eigenvalue weighted by Crippen LogP contribution is 2.26. The Labute approximate surface area is 208 Å². The Morgan fingerprint density at radius 2 is 1.77 bits per heavy atom. The summed E-state index contributed by atoms with van der Waals surface area (Å²) in [7, 11) is -1.70. The molecule has 3 aromatic rings. The number of rotatable bonds is 8. The van der Waals surface area contributed by atoms with Gasteiger partial charge in [-0.25, -0.2) is 8.42 Å². The number of nitrogens with zero attached hydrogens (tertiary/aromatic N) is 3. The van der Waals surface area contributed by atoms with E-state index in [-0.39, 0.29) is 11.8 Å². The van der Waals surface area contributed by atoms with Crippen LogP contribution in [0.3, 0.4) is 0 Å². The molecule has 1 fully saturated rings. The van der Waals surface area contributed by atoms with Crippen LogP contribution in [0.15, 0.2) is 59.5 Å². The number of H-pyrrole nitrogens is 1. The minimum Gasteiger partial charge on any atom is -0.346 e. The van der Waals surface area contributed by atoms with Crippen molar-refractivity contribution in [2.24, 2.45) is 5.92 Å². The number of hydrogen-bond acceptors (Lipinski definition) is 4. The van der Waals surface area contributed by atoms with E-state index < -0.39 is 10.0 Å². The molecule has 0 unspecified atom stereocenters. The summed E-state index contributed by atoms with van der Waals surface area (Å²) in [4.78, 5) is 15.1. The van der Waals surface area contributed by atoms with E-state index in [4.69, 9.17) is 0 Å². The van der Waals surface area contributed by atoms with Gasteiger partial charge >= 0.3 is 0 Å². The predicted molar refractivity (Wildman–Crippen MR) is 137 cm³/mol. The van der Waals surface area contributed by atoms with Crippen molar-refractivity contribution in [3.8, 4) is 11.3 Å². The van der Waals surface area contributed by atoms with E-state index in [0.717, 1.165) is 40.9 Å². The molecule has 1 saturated heterocycles. The van der Waals surface area contributed by atoms with Crippen LogP contribution in [0.2, 0.25) is 0 Å². The molecule has 186 valence electrons. The van der Waals surface area contributed by atoms with Crippen LogP contribution < -0.4 is 0 Å². The van der Waals surface area contributed by atoms with Crippen LogP contribution in [-0.2, 0) is 21.2 Å². The van der Waals surface area contributed by atoms with E-state index in [1.165, 1.54) is 4.31 Å². The molecule has 0 aliphatic carbocycles. The van der Waals surface area contributed by atoms with Crippen molar-refractivity contribution in [3.05, 3.63) is 71.4 Å². The van der Waals surface area contributed by atoms with Gasteiger partial charge in [0.2, 0.25) is 15.9 Å². The van der Waals surface area contributed by atoms with Gasteiger partial charge in [-0.2, -0.15) is 9.40 Å². The summed E-state index contributed by atoms with van der Waals surface area (Å²) in [6.45, 7) is 5.28. The normalized spacial score (nSPS) is 15.3. The summed E-state index contributed by atoms with van der Waals surface area (Å²) in [5.74, 6) is -0.0362. The van der Waals surface area contributed by atoms with Crippen molar-refractivity contribution in [1.29, 1.82) is 0 Å². The van der Waals surface area contributed by atoms with Crippen molar-refractivity contribution in [1.82, 2.24) is 19.4 Å². The third-order valence-electron chi connectivity index (χ3n) is 6.94. The van der Waals surface area contributed by atoms with E-state index in [0.29, 0.717) is 37.4 Å². The molecule has 1 N–H and O–H groups in total. The van der Waals surface area contributed by atoms with E-state index >= 15 is 0 Å². The second-order valence-electron chi connectivity index (χ2n) is 9.43. The summed E-state index contributed by atoms with van der Waals surface area (Å²) in [5.41, 5.74) is 5.08. The molecule has 4 rings (SSSR count). The number of aromatic nitrogens is 2. The Kier molecular flexibility index (Phi) is 7.72. The minimum absolute atomic E-state index is 0.0998. The Morgan fingerprint density at radius 1 is 1.06 bits per heavy atom. The van der Waals surface area contributed by atoms with E-state index in [1.807, 2.05) is 57.3 Å². The summed E-state index contributed by atoms with van der Waals surface area (Å²) in [5, 5.41) is 7.48. The Hall–Kier alpha value is -2.97. The number of carbonyl (C=O) groups excluding carboxylic acids is 1. The first-order chi connectivity index (χ1) is 16.8. The molecule has 0 spiro atoms. The molecule has 0 radical (unpaired) electrons. The van der Waals surface area contributed by atoms with E-state index in [2.05, 4.69) is 16.3 Å². The third-order valence-corrected chi connectivity index (χ3v) is 8.83. The van der Waals surface area contributed by atoms with Crippen molar-refractivity contribution in [2.45, 2.75) is 44.4 Å². The van der Waals surface area contributed by atoms with Gasteiger partial charge < -0.3 is 4.90 Å². The quantitative estimate of drug-likeness (QED) is 0.509. The SMILES string of the molecule is Cc1ccc(S(=O)(=O)N2CCC(C(=O)N(C)CCCc3cc(-c4ccccc4)n[nH]3)CC2)cc1C. The lowest BCUT2D eigenvalue weighted by Gasteiger charge is -2.32. The number of benzene rings is 2. The summed E-state index contributed by atoms with van der Waals surface area (Å²) >= 11 is 0. The van der Waals surface area contributed by atoms with Crippen LogP contribution in [0.5, 0.6) is 0 Å². The van der Waals surface area contributed by atoms with Gasteiger partial charge in [-0.15, -0.1) is 0 Å². The van der Waals surface area contributed by atoms with Gasteiger partial charge in [0.15, 0.2) is 0 Å². The maximum Gasteiger partial charge on any atom is 0.243 e. The van der Waals surface area contributed by atoms with E-state index in [9.17, 15) is 13.2 Å². The minimum atomic E-state index is -3.53. The van der Waals surface area contributed by atoms with Crippen LogP contribution in [0.4, 0.5) is 0 Å². The van der Waals surface area contributed by atoms with Crippen LogP contribution in [0.25, 0.3) is 11.3 Å². The fraction of sp³-hybridized carbons (Fsp3) is 0.407. The molecule has 7 nitrogen and oxygen atoms in total. The van der Waals surface area contributed by atoms with Gasteiger partial charge in [0.25, 0.3) is 0 Å². The van der Waals surface area contributed by atoms with Gasteiger partial charge in [0.05, 0.1) is 10.6 Å². The monoisotopic (exact) mass is 494 g/mol. The zero-order valence-corrected chi connectivity index (χ0v) is 21.5. The predicted octanol–water partition coefficient (Wildman–Crippen LogP) is 4.19. The van der Waals surface area contributed by atoms with Crippen molar-refractivity contribution < 1.29 is 13.2 Å². The highest BCUT2D eigenvalue weighted by Gasteiger charge is 2.33. The van der Waals surface area contributed by atoms with Gasteiger partial charge in [-0.3, -0.25) is 9.89 Å². The Balaban J connectivity index is 1.25. The molecular formula is C27H34N4O3S. The number of carbonyl (C=O) groups is 1. The average Bonchev–Trinajstić information content (AvgIpc) is 3.34. The summed E-state index contributed by atoms with van der Waals surface area (Å²) in [6.07, 6.45) is 2.74. The molecule has 8 heteroatoms. The summed E-state index contributed by atoms with van der Waals surface area (Å²) in [6, 6.07) is 17.3. The first-order valence-corrected chi connectivity index (χ1v) is 13.6. The number of aryl methyl sites for hydroxylation is 3. The highest BCUT2D eigenvalue weighted by molar-refractivity contribution is 7.89. The maximum atomic E-state index is 13.1. The van der Waals surface area contributed by atoms with E-state index in [1.54, 1.807) is 17.0 Å². The Bertz CT molecular complexity index is 1260. The average molecular weight is 495 g/mol. The largest absolute Gasteiger partial charge is 0.346 e. The third kappa shape index (κ3) is 5.82. The van der Waals surface area contributed by atoms with Gasteiger partial charge in [0.1, 0.15) is 0 Å². The van der Waals surface area contributed by atoms with Crippen molar-refractivity contribution in [3.63, 3.8) is 0 Å². The Morgan fingerprint density at radius 3 is 2.46 bits per heavy atom. The zero-order chi connectivity index (χ0) is 25.0. The lowest BCUT2D eigenvalue weighted by Crippen LogP contribution is -2.43. The number of piperidine rings is 1. The van der Waals surface area contributed by atoms with Gasteiger partial charge in [-0.05, 0) is 68.9 Å². The smallest absolute Gasteiger partial charge is 0.243 e. The molecule has 1 aromatic heterocycles. The van der Waals surface area contributed by atoms with Crippen LogP contribution in [0.1, 0.15) is 36.1 Å². The number of hydrogen-bond donors (Lipinski definition) is 1. The lowest BCUT2D eigenvalue weighted by molar-refractivity contribution is -0.135. The zero-order valence-electron chi connectivity index (χ0n) is 20.7. The molecule has 2 aromatic carbocycles. The van der Waals surface area contributed by atoms with Gasteiger partial charge in [0, 0.05) is 43.9 Å². The highest BCUT2D eigenvalue weighted by atomic mass is 32.2. The molecule has 1 aliphatic heterocycles. The first kappa shape index (κ1) is 25.1. The molecule has 0 bridgehead atoms. The molecule has 35 heavy (non-hydrogen) atoms. The maximum absolute atomic E-state index is 13.1. The summed E-state index contributed by atoms with van der Waals surface area (Å²) < 4.78 is 27.6. The molecule has 2 heterocycles. The fourth-order valence-corrected chi connectivity index (χ4v) is 6.10. The van der Waals surface area contributed by atoms with Gasteiger partial charge in [-0.1, -0.05) is 36.4 Å². The number of sulfonamides is 1. The van der Waals surface area contributed by atoms with Crippen LogP contribution in [0, 0.1) is 19.8 Å². The number of aromatic amines is 1. The standard InChI is InChI=1S/C27H34N4O3S/c1-20-11-12-25(18-21(20)2)35(33,34)31-16-13-23(14-17-31)27(32)30(3)15-7-10-24-19-26(29-28-24)22-8-5-4-6-9-22/h4-6,8-9,11-12,18-19,23H,7,10,13-17H2,1-3H3,(H,28,29). The fourth-order valence-electron chi connectivity index (χ4n) is 4.54.